The number of carboxylic acid groups (broad SMARTS) is 1. The third kappa shape index (κ3) is 2.41. The summed E-state index contributed by atoms with van der Waals surface area (Å²) >= 11 is 1.45. The second kappa shape index (κ2) is 4.51. The van der Waals surface area contributed by atoms with Crippen LogP contribution >= 0.6 is 11.3 Å². The lowest BCUT2D eigenvalue weighted by Crippen LogP contribution is -2.29. The van der Waals surface area contributed by atoms with Gasteiger partial charge in [-0.3, -0.25) is 4.79 Å². The molecule has 0 radical (unpaired) electrons. The number of rotatable bonds is 3. The Labute approximate surface area is 98.3 Å². The summed E-state index contributed by atoms with van der Waals surface area (Å²) in [4.78, 5) is 15.7. The quantitative estimate of drug-likeness (QED) is 0.881. The third-order valence-corrected chi connectivity index (χ3v) is 4.09. The number of ether oxygens (including phenoxy) is 1. The standard InChI is InChI=1S/C11H15NO3S/c1-11(4-2-3-5-15-11)8-7-12-9(16-8)6-10(13)14/h7H,2-6H2,1H3,(H,13,14). The van der Waals surface area contributed by atoms with Gasteiger partial charge in [-0.1, -0.05) is 0 Å². The molecule has 1 fully saturated rings. The van der Waals surface area contributed by atoms with Gasteiger partial charge in [-0.2, -0.15) is 0 Å². The first-order valence-electron chi connectivity index (χ1n) is 5.41. The summed E-state index contributed by atoms with van der Waals surface area (Å²) in [7, 11) is 0. The number of hydrogen-bond donors (Lipinski definition) is 1. The first-order valence-corrected chi connectivity index (χ1v) is 6.23. The fraction of sp³-hybridized carbons (Fsp3) is 0.636. The zero-order chi connectivity index (χ0) is 11.6. The molecule has 1 unspecified atom stereocenters. The Hall–Kier alpha value is -0.940. The van der Waals surface area contributed by atoms with Gasteiger partial charge >= 0.3 is 5.97 Å². The van der Waals surface area contributed by atoms with Crippen LogP contribution in [0.3, 0.4) is 0 Å². The number of nitrogens with zero attached hydrogens (tertiary/aromatic N) is 1. The van der Waals surface area contributed by atoms with Crippen molar-refractivity contribution >= 4 is 17.3 Å². The van der Waals surface area contributed by atoms with Crippen molar-refractivity contribution in [1.29, 1.82) is 0 Å². The van der Waals surface area contributed by atoms with E-state index in [1.807, 2.05) is 0 Å². The molecule has 1 aromatic heterocycles. The second-order valence-corrected chi connectivity index (χ2v) is 5.34. The highest BCUT2D eigenvalue weighted by Crippen LogP contribution is 2.37. The zero-order valence-electron chi connectivity index (χ0n) is 9.23. The predicted octanol–water partition coefficient (Wildman–Crippen LogP) is 2.19. The Morgan fingerprint density at radius 1 is 1.69 bits per heavy atom. The summed E-state index contributed by atoms with van der Waals surface area (Å²) in [5, 5.41) is 9.34. The summed E-state index contributed by atoms with van der Waals surface area (Å²) in [5.41, 5.74) is -0.257. The average Bonchev–Trinajstić information content (AvgIpc) is 2.67. The van der Waals surface area contributed by atoms with Crippen molar-refractivity contribution in [3.8, 4) is 0 Å². The van der Waals surface area contributed by atoms with Gasteiger partial charge in [0.1, 0.15) is 10.6 Å². The number of carboxylic acids is 1. The molecule has 1 N–H and O–H groups in total. The van der Waals surface area contributed by atoms with Crippen molar-refractivity contribution in [1.82, 2.24) is 4.98 Å². The topological polar surface area (TPSA) is 59.4 Å². The van der Waals surface area contributed by atoms with E-state index in [1.54, 1.807) is 6.20 Å². The van der Waals surface area contributed by atoms with E-state index < -0.39 is 5.97 Å². The summed E-state index contributed by atoms with van der Waals surface area (Å²) < 4.78 is 5.79. The Kier molecular flexibility index (Phi) is 3.25. The molecule has 1 saturated heterocycles. The molecule has 2 rings (SSSR count). The minimum absolute atomic E-state index is 0.000741. The van der Waals surface area contributed by atoms with Gasteiger partial charge in [0, 0.05) is 12.8 Å². The van der Waals surface area contributed by atoms with E-state index in [4.69, 9.17) is 9.84 Å². The van der Waals surface area contributed by atoms with Crippen LogP contribution < -0.4 is 0 Å². The molecule has 88 valence electrons. The van der Waals surface area contributed by atoms with Gasteiger partial charge in [-0.25, -0.2) is 4.98 Å². The Bertz CT molecular complexity index is 382. The Morgan fingerprint density at radius 2 is 2.50 bits per heavy atom. The molecule has 16 heavy (non-hydrogen) atoms. The maximum absolute atomic E-state index is 10.6. The zero-order valence-corrected chi connectivity index (χ0v) is 10.0. The van der Waals surface area contributed by atoms with Crippen LogP contribution in [0.25, 0.3) is 0 Å². The fourth-order valence-corrected chi connectivity index (χ4v) is 2.93. The Balaban J connectivity index is 2.13. The lowest BCUT2D eigenvalue weighted by molar-refractivity contribution is -0.136. The van der Waals surface area contributed by atoms with Gasteiger partial charge in [0.15, 0.2) is 0 Å². The van der Waals surface area contributed by atoms with Crippen LogP contribution in [0.1, 0.15) is 36.1 Å². The first-order chi connectivity index (χ1) is 7.60. The average molecular weight is 241 g/mol. The molecular weight excluding hydrogens is 226 g/mol. The molecule has 5 heteroatoms. The molecule has 0 amide bonds. The van der Waals surface area contributed by atoms with Crippen LogP contribution in [-0.2, 0) is 21.6 Å². The third-order valence-electron chi connectivity index (χ3n) is 2.85. The highest BCUT2D eigenvalue weighted by molar-refractivity contribution is 7.11. The van der Waals surface area contributed by atoms with Crippen LogP contribution in [0.2, 0.25) is 0 Å². The summed E-state index contributed by atoms with van der Waals surface area (Å²) in [6.07, 6.45) is 5.01. The van der Waals surface area contributed by atoms with E-state index in [0.29, 0.717) is 5.01 Å². The first kappa shape index (κ1) is 11.5. The number of hydrogen-bond acceptors (Lipinski definition) is 4. The van der Waals surface area contributed by atoms with Crippen LogP contribution in [-0.4, -0.2) is 22.7 Å². The van der Waals surface area contributed by atoms with E-state index in [9.17, 15) is 4.79 Å². The Morgan fingerprint density at radius 3 is 3.12 bits per heavy atom. The molecule has 0 spiro atoms. The van der Waals surface area contributed by atoms with Crippen LogP contribution in [0.15, 0.2) is 6.20 Å². The molecule has 0 aliphatic carbocycles. The smallest absolute Gasteiger partial charge is 0.310 e. The van der Waals surface area contributed by atoms with Gasteiger partial charge in [0.2, 0.25) is 0 Å². The number of aliphatic carboxylic acids is 1. The predicted molar refractivity (Wildman–Crippen MR) is 60.6 cm³/mol. The van der Waals surface area contributed by atoms with Crippen molar-refractivity contribution in [2.24, 2.45) is 0 Å². The highest BCUT2D eigenvalue weighted by Gasteiger charge is 2.32. The molecule has 1 aromatic rings. The minimum Gasteiger partial charge on any atom is -0.481 e. The van der Waals surface area contributed by atoms with E-state index in [2.05, 4.69) is 11.9 Å². The second-order valence-electron chi connectivity index (χ2n) is 4.23. The molecule has 0 bridgehead atoms. The lowest BCUT2D eigenvalue weighted by atomic mass is 9.95. The van der Waals surface area contributed by atoms with Crippen LogP contribution in [0.4, 0.5) is 0 Å². The number of thiazole rings is 1. The largest absolute Gasteiger partial charge is 0.481 e. The maximum atomic E-state index is 10.6. The maximum Gasteiger partial charge on any atom is 0.310 e. The van der Waals surface area contributed by atoms with Crippen molar-refractivity contribution in [2.45, 2.75) is 38.2 Å². The van der Waals surface area contributed by atoms with Crippen molar-refractivity contribution in [3.05, 3.63) is 16.1 Å². The molecule has 1 aliphatic rings. The molecule has 1 atom stereocenters. The molecule has 1 aliphatic heterocycles. The summed E-state index contributed by atoms with van der Waals surface area (Å²) in [6.45, 7) is 2.84. The van der Waals surface area contributed by atoms with E-state index in [1.165, 1.54) is 11.3 Å². The molecule has 0 saturated carbocycles. The monoisotopic (exact) mass is 241 g/mol. The summed E-state index contributed by atoms with van der Waals surface area (Å²) in [6, 6.07) is 0. The van der Waals surface area contributed by atoms with E-state index in [-0.39, 0.29) is 12.0 Å². The molecular formula is C11H15NO3S. The number of carbonyl (C=O) groups is 1. The normalized spacial score (nSPS) is 25.6. The van der Waals surface area contributed by atoms with Gasteiger partial charge in [-0.15, -0.1) is 11.3 Å². The van der Waals surface area contributed by atoms with Crippen molar-refractivity contribution in [3.63, 3.8) is 0 Å². The van der Waals surface area contributed by atoms with Crippen molar-refractivity contribution < 1.29 is 14.6 Å². The van der Waals surface area contributed by atoms with E-state index in [0.717, 1.165) is 30.7 Å². The van der Waals surface area contributed by atoms with E-state index >= 15 is 0 Å². The molecule has 0 aromatic carbocycles. The van der Waals surface area contributed by atoms with Gasteiger partial charge in [0.25, 0.3) is 0 Å². The number of aromatic nitrogens is 1. The van der Waals surface area contributed by atoms with Gasteiger partial charge in [0.05, 0.1) is 11.3 Å². The van der Waals surface area contributed by atoms with Crippen LogP contribution in [0, 0.1) is 0 Å². The molecule has 4 nitrogen and oxygen atoms in total. The highest BCUT2D eigenvalue weighted by atomic mass is 32.1. The SMILES string of the molecule is CC1(c2cnc(CC(=O)O)s2)CCCCO1. The minimum atomic E-state index is -0.837. The lowest BCUT2D eigenvalue weighted by Gasteiger charge is -2.32. The van der Waals surface area contributed by atoms with Gasteiger partial charge < -0.3 is 9.84 Å². The van der Waals surface area contributed by atoms with Crippen LogP contribution in [0.5, 0.6) is 0 Å². The fourth-order valence-electron chi connectivity index (χ4n) is 1.89. The summed E-state index contributed by atoms with van der Waals surface area (Å²) in [5.74, 6) is -0.837. The van der Waals surface area contributed by atoms with Crippen molar-refractivity contribution in [2.75, 3.05) is 6.61 Å². The van der Waals surface area contributed by atoms with Gasteiger partial charge in [-0.05, 0) is 26.2 Å². The molecule has 2 heterocycles.